The summed E-state index contributed by atoms with van der Waals surface area (Å²) in [5, 5.41) is 3.60. The molecule has 4 fully saturated rings. The van der Waals surface area contributed by atoms with E-state index in [1.54, 1.807) is 0 Å². The van der Waals surface area contributed by atoms with Gasteiger partial charge in [0.15, 0.2) is 0 Å². The van der Waals surface area contributed by atoms with Crippen molar-refractivity contribution in [1.29, 1.82) is 0 Å². The lowest BCUT2D eigenvalue weighted by atomic mass is 9.44. The zero-order valence-electron chi connectivity index (χ0n) is 23.1. The largest absolute Gasteiger partial charge is 0.319 e. The number of fused-ring (bicyclic) bond motifs is 5. The van der Waals surface area contributed by atoms with Crippen molar-refractivity contribution in [1.82, 2.24) is 5.32 Å². The van der Waals surface area contributed by atoms with Gasteiger partial charge in [-0.3, -0.25) is 4.55 Å². The maximum Gasteiger partial charge on any atom is 0.319 e. The Labute approximate surface area is 220 Å². The van der Waals surface area contributed by atoms with E-state index in [1.165, 1.54) is 77.0 Å². The molecule has 0 saturated heterocycles. The number of nitrogens with one attached hydrogen (secondary N) is 1. The molecule has 35 heavy (non-hydrogen) atoms. The summed E-state index contributed by atoms with van der Waals surface area (Å²) >= 11 is 0. The van der Waals surface area contributed by atoms with E-state index >= 15 is 0 Å². The van der Waals surface area contributed by atoms with Crippen molar-refractivity contribution < 1.29 is 13.0 Å². The van der Waals surface area contributed by atoms with Gasteiger partial charge in [-0.25, -0.2) is 0 Å². The summed E-state index contributed by atoms with van der Waals surface area (Å²) in [4.78, 5) is 0. The van der Waals surface area contributed by atoms with Crippen molar-refractivity contribution in [3.63, 3.8) is 0 Å². The molecule has 4 nitrogen and oxygen atoms in total. The summed E-state index contributed by atoms with van der Waals surface area (Å²) in [6.07, 6.45) is 16.7. The molecular formula is C29H53NO3S2. The van der Waals surface area contributed by atoms with E-state index in [0.717, 1.165) is 41.4 Å². The molecule has 9 atom stereocenters. The van der Waals surface area contributed by atoms with Crippen LogP contribution in [0.15, 0.2) is 0 Å². The zero-order valence-corrected chi connectivity index (χ0v) is 24.7. The molecule has 4 aliphatic carbocycles. The second kappa shape index (κ2) is 11.1. The monoisotopic (exact) mass is 527 g/mol. The van der Waals surface area contributed by atoms with E-state index in [-0.39, 0.29) is 0 Å². The van der Waals surface area contributed by atoms with Crippen molar-refractivity contribution >= 4 is 19.9 Å². The Morgan fingerprint density at radius 1 is 0.943 bits per heavy atom. The van der Waals surface area contributed by atoms with E-state index in [2.05, 4.69) is 39.9 Å². The predicted molar refractivity (Wildman–Crippen MR) is 149 cm³/mol. The fourth-order valence-electron chi connectivity index (χ4n) is 9.88. The van der Waals surface area contributed by atoms with Crippen molar-refractivity contribution in [3.05, 3.63) is 0 Å². The maximum absolute atomic E-state index is 11.0. The Morgan fingerprint density at radius 3 is 2.37 bits per heavy atom. The van der Waals surface area contributed by atoms with Crippen LogP contribution in [-0.2, 0) is 9.15 Å². The molecule has 0 unspecified atom stereocenters. The molecule has 6 heteroatoms. The number of hydrogen-bond donors (Lipinski definition) is 2. The lowest BCUT2D eigenvalue weighted by Crippen LogP contribution is -2.55. The van der Waals surface area contributed by atoms with Gasteiger partial charge in [-0.15, -0.1) is 0 Å². The fraction of sp³-hybridized carbons (Fsp3) is 1.00. The molecule has 204 valence electrons. The first-order chi connectivity index (χ1) is 16.4. The summed E-state index contributed by atoms with van der Waals surface area (Å²) in [6.45, 7) is 13.3. The van der Waals surface area contributed by atoms with Gasteiger partial charge in [-0.05, 0) is 121 Å². The molecular weight excluding hydrogens is 474 g/mol. The van der Waals surface area contributed by atoms with Gasteiger partial charge in [0.2, 0.25) is 0 Å². The molecule has 0 radical (unpaired) electrons. The third kappa shape index (κ3) is 6.11. The lowest BCUT2D eigenvalue weighted by Gasteiger charge is -2.61. The van der Waals surface area contributed by atoms with E-state index in [0.29, 0.717) is 40.0 Å². The SMILES string of the molecule is CC(C)CCC[C@@H](C)[C@H]1CC[C@H]2[C@@H]3CC[C@H]4C[C@H](NCCSS(=O)(=O)O)CC[C@]4(C)[C@H]3CC[C@]12C. The van der Waals surface area contributed by atoms with Crippen LogP contribution in [0.1, 0.15) is 112 Å². The third-order valence-electron chi connectivity index (χ3n) is 11.6. The first kappa shape index (κ1) is 28.2. The van der Waals surface area contributed by atoms with Crippen LogP contribution in [0.3, 0.4) is 0 Å². The van der Waals surface area contributed by atoms with Crippen LogP contribution >= 0.6 is 10.8 Å². The van der Waals surface area contributed by atoms with Gasteiger partial charge in [0.1, 0.15) is 0 Å². The standard InChI is InChI=1S/C29H53NO3S2/c1-20(2)7-6-8-21(3)25-11-12-26-24-10-9-22-19-23(30-17-18-34-35(31,32)33)13-15-28(22,4)27(24)14-16-29(25,26)5/h20-27,30H,6-19H2,1-5H3,(H,31,32,33)/t21-,22+,23-,24+,25-,26+,27+,28+,29-/m1/s1. The van der Waals surface area contributed by atoms with Crippen molar-refractivity contribution in [3.8, 4) is 0 Å². The van der Waals surface area contributed by atoms with Crippen LogP contribution in [0.4, 0.5) is 0 Å². The highest BCUT2D eigenvalue weighted by Gasteiger charge is 2.60. The molecule has 0 spiro atoms. The Kier molecular flexibility index (Phi) is 8.99. The molecule has 0 aromatic carbocycles. The Morgan fingerprint density at radius 2 is 1.66 bits per heavy atom. The van der Waals surface area contributed by atoms with Crippen LogP contribution in [0.2, 0.25) is 0 Å². The van der Waals surface area contributed by atoms with Gasteiger partial charge in [0, 0.05) is 18.3 Å². The summed E-state index contributed by atoms with van der Waals surface area (Å²) in [5.74, 6) is 6.68. The average Bonchev–Trinajstić information content (AvgIpc) is 3.13. The summed E-state index contributed by atoms with van der Waals surface area (Å²) < 4.78 is 30.9. The number of hydrogen-bond acceptors (Lipinski definition) is 4. The molecule has 4 saturated carbocycles. The molecule has 0 aromatic rings. The highest BCUT2D eigenvalue weighted by atomic mass is 33.1. The van der Waals surface area contributed by atoms with Gasteiger partial charge in [0.25, 0.3) is 0 Å². The van der Waals surface area contributed by atoms with E-state index in [1.807, 2.05) is 0 Å². The first-order valence-corrected chi connectivity index (χ1v) is 17.7. The maximum atomic E-state index is 11.0. The molecule has 0 bridgehead atoms. The second-order valence-corrected chi connectivity index (χ2v) is 17.3. The summed E-state index contributed by atoms with van der Waals surface area (Å²) in [5.41, 5.74) is 1.07. The molecule has 0 amide bonds. The van der Waals surface area contributed by atoms with E-state index in [4.69, 9.17) is 4.55 Å². The molecule has 4 rings (SSSR count). The first-order valence-electron chi connectivity index (χ1n) is 14.8. The van der Waals surface area contributed by atoms with Crippen molar-refractivity contribution in [2.45, 2.75) is 118 Å². The Balaban J connectivity index is 1.34. The van der Waals surface area contributed by atoms with Crippen LogP contribution in [0.5, 0.6) is 0 Å². The van der Waals surface area contributed by atoms with Gasteiger partial charge in [0.05, 0.1) is 0 Å². The van der Waals surface area contributed by atoms with Crippen LogP contribution in [-0.4, -0.2) is 31.3 Å². The van der Waals surface area contributed by atoms with E-state index < -0.39 is 9.15 Å². The third-order valence-corrected chi connectivity index (χ3v) is 13.7. The zero-order chi connectivity index (χ0) is 25.4. The quantitative estimate of drug-likeness (QED) is 0.174. The highest BCUT2D eigenvalue weighted by molar-refractivity contribution is 8.69. The molecule has 0 heterocycles. The fourth-order valence-corrected chi connectivity index (χ4v) is 11.2. The predicted octanol–water partition coefficient (Wildman–Crippen LogP) is 7.60. The Hall–Kier alpha value is 0.220. The van der Waals surface area contributed by atoms with Gasteiger partial charge in [-0.2, -0.15) is 8.42 Å². The van der Waals surface area contributed by atoms with E-state index in [9.17, 15) is 8.42 Å². The summed E-state index contributed by atoms with van der Waals surface area (Å²) in [7, 11) is -3.28. The Bertz CT molecular complexity index is 817. The minimum absolute atomic E-state index is 0.416. The van der Waals surface area contributed by atoms with Gasteiger partial charge < -0.3 is 5.32 Å². The topological polar surface area (TPSA) is 66.4 Å². The molecule has 0 aliphatic heterocycles. The van der Waals surface area contributed by atoms with Crippen LogP contribution in [0.25, 0.3) is 0 Å². The van der Waals surface area contributed by atoms with Crippen molar-refractivity contribution in [2.24, 2.45) is 52.3 Å². The highest BCUT2D eigenvalue weighted by Crippen LogP contribution is 2.68. The molecule has 4 aliphatic rings. The molecule has 0 aromatic heterocycles. The average molecular weight is 528 g/mol. The smallest absolute Gasteiger partial charge is 0.313 e. The van der Waals surface area contributed by atoms with Crippen LogP contribution in [0, 0.1) is 52.3 Å². The molecule has 2 N–H and O–H groups in total. The van der Waals surface area contributed by atoms with Crippen LogP contribution < -0.4 is 5.32 Å². The van der Waals surface area contributed by atoms with Crippen molar-refractivity contribution in [2.75, 3.05) is 12.3 Å². The van der Waals surface area contributed by atoms with Gasteiger partial charge in [-0.1, -0.05) is 53.9 Å². The minimum Gasteiger partial charge on any atom is -0.313 e. The normalized spacial score (nSPS) is 42.4. The van der Waals surface area contributed by atoms with Gasteiger partial charge >= 0.3 is 9.15 Å². The lowest BCUT2D eigenvalue weighted by molar-refractivity contribution is -0.117. The minimum atomic E-state index is -3.92. The summed E-state index contributed by atoms with van der Waals surface area (Å²) in [6, 6.07) is 0.503. The second-order valence-electron chi connectivity index (χ2n) is 13.9. The number of rotatable bonds is 10.